The molecule has 0 bridgehead atoms. The normalized spacial score (nSPS) is 20.3. The molecule has 1 aromatic heterocycles. The zero-order chi connectivity index (χ0) is 12.7. The second-order valence-corrected chi connectivity index (χ2v) is 4.66. The third kappa shape index (κ3) is 1.61. The molecule has 1 aromatic carbocycles. The van der Waals surface area contributed by atoms with Crippen molar-refractivity contribution in [1.29, 1.82) is 0 Å². The molecule has 0 radical (unpaired) electrons. The molecule has 2 aromatic rings. The zero-order valence-corrected chi connectivity index (χ0v) is 10.4. The van der Waals surface area contributed by atoms with Gasteiger partial charge in [0, 0.05) is 5.92 Å². The summed E-state index contributed by atoms with van der Waals surface area (Å²) in [6.07, 6.45) is 0. The van der Waals surface area contributed by atoms with Crippen LogP contribution < -0.4 is 0 Å². The third-order valence-corrected chi connectivity index (χ3v) is 3.43. The molecule has 4 heteroatoms. The van der Waals surface area contributed by atoms with Crippen molar-refractivity contribution in [3.63, 3.8) is 0 Å². The van der Waals surface area contributed by atoms with Gasteiger partial charge in [-0.2, -0.15) is 0 Å². The van der Waals surface area contributed by atoms with E-state index in [1.807, 2.05) is 38.1 Å². The number of benzene rings is 1. The number of carbonyl (C=O) groups excluding carboxylic acids is 1. The van der Waals surface area contributed by atoms with Crippen molar-refractivity contribution >= 4 is 22.6 Å². The number of aromatic amines is 1. The van der Waals surface area contributed by atoms with E-state index < -0.39 is 0 Å². The maximum atomic E-state index is 11.9. The van der Waals surface area contributed by atoms with Crippen LogP contribution in [0.5, 0.6) is 0 Å². The predicted molar refractivity (Wildman–Crippen MR) is 68.8 cm³/mol. The van der Waals surface area contributed by atoms with Gasteiger partial charge in [-0.15, -0.1) is 0 Å². The molecular weight excluding hydrogens is 228 g/mol. The standard InChI is InChI=1S/C14H14N2O2/c1-8-7-18-14(17)12(9(8)2)13-15-10-5-3-4-6-11(10)16-13/h3-6,8H,7H2,1-2H3,(H,15,16). The van der Waals surface area contributed by atoms with E-state index in [0.29, 0.717) is 18.0 Å². The average molecular weight is 242 g/mol. The first kappa shape index (κ1) is 11.0. The van der Waals surface area contributed by atoms with E-state index in [-0.39, 0.29) is 11.9 Å². The SMILES string of the molecule is CC1=C(c2nc3ccccc3[nH]2)C(=O)OCC1C. The molecule has 1 atom stereocenters. The van der Waals surface area contributed by atoms with Crippen molar-refractivity contribution in [3.05, 3.63) is 35.7 Å². The van der Waals surface area contributed by atoms with Gasteiger partial charge in [-0.1, -0.05) is 19.1 Å². The fraction of sp³-hybridized carbons (Fsp3) is 0.286. The first-order valence-corrected chi connectivity index (χ1v) is 6.00. The van der Waals surface area contributed by atoms with Gasteiger partial charge in [-0.05, 0) is 24.6 Å². The minimum Gasteiger partial charge on any atom is -0.461 e. The summed E-state index contributed by atoms with van der Waals surface area (Å²) < 4.78 is 5.17. The quantitative estimate of drug-likeness (QED) is 0.782. The molecule has 0 spiro atoms. The number of hydrogen-bond donors (Lipinski definition) is 1. The van der Waals surface area contributed by atoms with Crippen LogP contribution in [0.25, 0.3) is 16.6 Å². The second kappa shape index (κ2) is 3.98. The summed E-state index contributed by atoms with van der Waals surface area (Å²) in [6, 6.07) is 7.73. The number of hydrogen-bond acceptors (Lipinski definition) is 3. The number of rotatable bonds is 1. The number of cyclic esters (lactones) is 1. The van der Waals surface area contributed by atoms with E-state index in [2.05, 4.69) is 9.97 Å². The van der Waals surface area contributed by atoms with Crippen LogP contribution in [0.2, 0.25) is 0 Å². The van der Waals surface area contributed by atoms with Crippen molar-refractivity contribution < 1.29 is 9.53 Å². The van der Waals surface area contributed by atoms with Gasteiger partial charge < -0.3 is 9.72 Å². The average Bonchev–Trinajstić information content (AvgIpc) is 2.77. The molecule has 4 nitrogen and oxygen atoms in total. The lowest BCUT2D eigenvalue weighted by Gasteiger charge is -2.21. The fourth-order valence-electron chi connectivity index (χ4n) is 2.16. The van der Waals surface area contributed by atoms with E-state index in [4.69, 9.17) is 4.74 Å². The van der Waals surface area contributed by atoms with Crippen LogP contribution in [0.1, 0.15) is 19.7 Å². The van der Waals surface area contributed by atoms with Crippen LogP contribution >= 0.6 is 0 Å². The Morgan fingerprint density at radius 2 is 2.17 bits per heavy atom. The van der Waals surface area contributed by atoms with Gasteiger partial charge >= 0.3 is 5.97 Å². The number of imidazole rings is 1. The van der Waals surface area contributed by atoms with Crippen molar-refractivity contribution in [3.8, 4) is 0 Å². The maximum Gasteiger partial charge on any atom is 0.341 e. The highest BCUT2D eigenvalue weighted by Gasteiger charge is 2.27. The summed E-state index contributed by atoms with van der Waals surface area (Å²) >= 11 is 0. The van der Waals surface area contributed by atoms with Crippen molar-refractivity contribution in [2.24, 2.45) is 5.92 Å². The molecule has 0 saturated carbocycles. The molecule has 3 rings (SSSR count). The highest BCUT2D eigenvalue weighted by atomic mass is 16.5. The van der Waals surface area contributed by atoms with E-state index in [1.54, 1.807) is 0 Å². The molecule has 2 heterocycles. The molecule has 1 aliphatic rings. The highest BCUT2D eigenvalue weighted by Crippen LogP contribution is 2.29. The van der Waals surface area contributed by atoms with Crippen molar-refractivity contribution in [2.75, 3.05) is 6.61 Å². The van der Waals surface area contributed by atoms with Gasteiger partial charge in [0.15, 0.2) is 0 Å². The molecule has 18 heavy (non-hydrogen) atoms. The number of fused-ring (bicyclic) bond motifs is 1. The number of nitrogens with zero attached hydrogens (tertiary/aromatic N) is 1. The van der Waals surface area contributed by atoms with E-state index >= 15 is 0 Å². The van der Waals surface area contributed by atoms with Crippen LogP contribution in [-0.4, -0.2) is 22.5 Å². The fourth-order valence-corrected chi connectivity index (χ4v) is 2.16. The molecule has 0 fully saturated rings. The van der Waals surface area contributed by atoms with Gasteiger partial charge in [0.05, 0.1) is 17.6 Å². The number of nitrogens with one attached hydrogen (secondary N) is 1. The molecule has 0 aliphatic carbocycles. The summed E-state index contributed by atoms with van der Waals surface area (Å²) in [6.45, 7) is 4.46. The molecule has 92 valence electrons. The summed E-state index contributed by atoms with van der Waals surface area (Å²) in [7, 11) is 0. The molecule has 0 saturated heterocycles. The molecule has 1 aliphatic heterocycles. The minimum atomic E-state index is -0.287. The monoisotopic (exact) mass is 242 g/mol. The minimum absolute atomic E-state index is 0.242. The number of H-pyrrole nitrogens is 1. The van der Waals surface area contributed by atoms with Gasteiger partial charge in [-0.3, -0.25) is 0 Å². The Labute approximate surface area is 105 Å². The zero-order valence-electron chi connectivity index (χ0n) is 10.4. The first-order chi connectivity index (χ1) is 8.66. The Morgan fingerprint density at radius 1 is 1.39 bits per heavy atom. The Bertz CT molecular complexity index is 622. The Morgan fingerprint density at radius 3 is 2.94 bits per heavy atom. The molecule has 1 unspecified atom stereocenters. The number of esters is 1. The predicted octanol–water partition coefficient (Wildman–Crippen LogP) is 2.53. The van der Waals surface area contributed by atoms with E-state index in [1.165, 1.54) is 0 Å². The second-order valence-electron chi connectivity index (χ2n) is 4.66. The Hall–Kier alpha value is -2.10. The van der Waals surface area contributed by atoms with Crippen LogP contribution in [-0.2, 0) is 9.53 Å². The van der Waals surface area contributed by atoms with Crippen LogP contribution in [0.3, 0.4) is 0 Å². The highest BCUT2D eigenvalue weighted by molar-refractivity contribution is 6.17. The lowest BCUT2D eigenvalue weighted by molar-refractivity contribution is -0.138. The van der Waals surface area contributed by atoms with Gasteiger partial charge in [0.25, 0.3) is 0 Å². The van der Waals surface area contributed by atoms with Crippen LogP contribution in [0.4, 0.5) is 0 Å². The topological polar surface area (TPSA) is 55.0 Å². The van der Waals surface area contributed by atoms with E-state index in [0.717, 1.165) is 16.6 Å². The largest absolute Gasteiger partial charge is 0.461 e. The summed E-state index contributed by atoms with van der Waals surface area (Å²) in [4.78, 5) is 19.5. The van der Waals surface area contributed by atoms with E-state index in [9.17, 15) is 4.79 Å². The smallest absolute Gasteiger partial charge is 0.341 e. The number of carbonyl (C=O) groups is 1. The first-order valence-electron chi connectivity index (χ1n) is 6.00. The molecule has 0 amide bonds. The van der Waals surface area contributed by atoms with Crippen LogP contribution in [0.15, 0.2) is 29.8 Å². The number of aromatic nitrogens is 2. The summed E-state index contributed by atoms with van der Waals surface area (Å²) in [5.41, 5.74) is 3.40. The Balaban J connectivity index is 2.18. The third-order valence-electron chi connectivity index (χ3n) is 3.43. The number of ether oxygens (including phenoxy) is 1. The lowest BCUT2D eigenvalue weighted by atomic mass is 9.95. The maximum absolute atomic E-state index is 11.9. The van der Waals surface area contributed by atoms with Crippen LogP contribution in [0, 0.1) is 5.92 Å². The number of para-hydroxylation sites is 2. The molecular formula is C14H14N2O2. The summed E-state index contributed by atoms with van der Waals surface area (Å²) in [5, 5.41) is 0. The molecule has 1 N–H and O–H groups in total. The van der Waals surface area contributed by atoms with Gasteiger partial charge in [-0.25, -0.2) is 9.78 Å². The van der Waals surface area contributed by atoms with Gasteiger partial charge in [0.2, 0.25) is 0 Å². The van der Waals surface area contributed by atoms with Crippen molar-refractivity contribution in [1.82, 2.24) is 9.97 Å². The summed E-state index contributed by atoms with van der Waals surface area (Å²) in [5.74, 6) is 0.556. The van der Waals surface area contributed by atoms with Crippen molar-refractivity contribution in [2.45, 2.75) is 13.8 Å². The van der Waals surface area contributed by atoms with Gasteiger partial charge in [0.1, 0.15) is 11.4 Å². The Kier molecular flexibility index (Phi) is 2.44. The lowest BCUT2D eigenvalue weighted by Crippen LogP contribution is -2.22.